The summed E-state index contributed by atoms with van der Waals surface area (Å²) >= 11 is 0. The lowest BCUT2D eigenvalue weighted by atomic mass is 10.4. The monoisotopic (exact) mass is 188 g/mol. The Kier molecular flexibility index (Phi) is 7.92. The van der Waals surface area contributed by atoms with Crippen molar-refractivity contribution in [2.45, 2.75) is 28.2 Å². The number of rotatable bonds is 0. The van der Waals surface area contributed by atoms with E-state index in [0.717, 1.165) is 32.6 Å². The summed E-state index contributed by atoms with van der Waals surface area (Å²) in [5.74, 6) is 0.209. The highest BCUT2D eigenvalue weighted by atomic mass is 16.2. The van der Waals surface area contributed by atoms with Crippen LogP contribution in [0.5, 0.6) is 0 Å². The second-order valence-electron chi connectivity index (χ2n) is 3.16. The molecule has 1 aliphatic heterocycles. The van der Waals surface area contributed by atoms with E-state index in [1.165, 1.54) is 0 Å². The van der Waals surface area contributed by atoms with Gasteiger partial charge in [-0.15, -0.1) is 0 Å². The molecule has 1 fully saturated rings. The molecular formula is C10H24N2O. The highest BCUT2D eigenvalue weighted by molar-refractivity contribution is 5.73. The highest BCUT2D eigenvalue weighted by Crippen LogP contribution is 2.00. The Hall–Kier alpha value is -0.570. The molecule has 0 N–H and O–H groups in total. The van der Waals surface area contributed by atoms with E-state index >= 15 is 0 Å². The number of hydrogen-bond acceptors (Lipinski definition) is 2. The second-order valence-corrected chi connectivity index (χ2v) is 3.16. The van der Waals surface area contributed by atoms with Gasteiger partial charge in [0.1, 0.15) is 0 Å². The molecule has 0 radical (unpaired) electrons. The van der Waals surface area contributed by atoms with Gasteiger partial charge in [-0.05, 0) is 20.0 Å². The predicted octanol–water partition coefficient (Wildman–Crippen LogP) is 1.44. The molecule has 1 amide bonds. The third kappa shape index (κ3) is 4.88. The van der Waals surface area contributed by atoms with Crippen molar-refractivity contribution in [2.24, 2.45) is 0 Å². The summed E-state index contributed by atoms with van der Waals surface area (Å²) in [5.41, 5.74) is 0. The number of hydrogen-bond donors (Lipinski definition) is 0. The van der Waals surface area contributed by atoms with Crippen LogP contribution in [-0.2, 0) is 4.79 Å². The van der Waals surface area contributed by atoms with E-state index in [4.69, 9.17) is 0 Å². The molecule has 0 aliphatic carbocycles. The van der Waals surface area contributed by atoms with Crippen LogP contribution >= 0.6 is 0 Å². The number of carbonyl (C=O) groups is 1. The molecule has 13 heavy (non-hydrogen) atoms. The minimum absolute atomic E-state index is 0. The Bertz CT molecular complexity index is 148. The van der Waals surface area contributed by atoms with Crippen molar-refractivity contribution in [1.29, 1.82) is 0 Å². The standard InChI is InChI=1S/C8H16N2O.2CH4/c1-8(11)10-5-3-4-9(2)6-7-10;;/h3-7H2,1-2H3;2*1H4. The van der Waals surface area contributed by atoms with Crippen LogP contribution in [0.2, 0.25) is 0 Å². The zero-order chi connectivity index (χ0) is 8.27. The first-order valence-corrected chi connectivity index (χ1v) is 4.14. The fraction of sp³-hybridized carbons (Fsp3) is 0.900. The van der Waals surface area contributed by atoms with Crippen LogP contribution in [-0.4, -0.2) is 48.9 Å². The summed E-state index contributed by atoms with van der Waals surface area (Å²) < 4.78 is 0. The predicted molar refractivity (Wildman–Crippen MR) is 57.8 cm³/mol. The average Bonchev–Trinajstić information content (AvgIpc) is 2.13. The van der Waals surface area contributed by atoms with Crippen molar-refractivity contribution in [1.82, 2.24) is 9.80 Å². The largest absolute Gasteiger partial charge is 0.342 e. The van der Waals surface area contributed by atoms with Gasteiger partial charge in [0.2, 0.25) is 5.91 Å². The highest BCUT2D eigenvalue weighted by Gasteiger charge is 2.12. The normalized spacial score (nSPS) is 18.2. The molecule has 0 unspecified atom stereocenters. The third-order valence-electron chi connectivity index (χ3n) is 2.16. The van der Waals surface area contributed by atoms with E-state index in [9.17, 15) is 4.79 Å². The Balaban J connectivity index is 0. The first kappa shape index (κ1) is 14.9. The molecule has 0 aromatic carbocycles. The molecule has 80 valence electrons. The Morgan fingerprint density at radius 2 is 1.69 bits per heavy atom. The van der Waals surface area contributed by atoms with E-state index in [1.54, 1.807) is 6.92 Å². The van der Waals surface area contributed by atoms with Crippen molar-refractivity contribution in [3.63, 3.8) is 0 Å². The van der Waals surface area contributed by atoms with Gasteiger partial charge in [0.25, 0.3) is 0 Å². The van der Waals surface area contributed by atoms with Gasteiger partial charge in [0.05, 0.1) is 0 Å². The molecule has 0 saturated carbocycles. The van der Waals surface area contributed by atoms with Crippen LogP contribution in [0.4, 0.5) is 0 Å². The molecule has 1 rings (SSSR count). The lowest BCUT2D eigenvalue weighted by Crippen LogP contribution is -2.32. The third-order valence-corrected chi connectivity index (χ3v) is 2.16. The van der Waals surface area contributed by atoms with E-state index < -0.39 is 0 Å². The number of amides is 1. The molecule has 0 spiro atoms. The zero-order valence-electron chi connectivity index (χ0n) is 7.34. The Morgan fingerprint density at radius 1 is 1.08 bits per heavy atom. The van der Waals surface area contributed by atoms with Gasteiger partial charge < -0.3 is 9.80 Å². The Morgan fingerprint density at radius 3 is 2.23 bits per heavy atom. The lowest BCUT2D eigenvalue weighted by molar-refractivity contribution is -0.128. The molecule has 1 aliphatic rings. The van der Waals surface area contributed by atoms with E-state index in [2.05, 4.69) is 11.9 Å². The molecule has 3 heteroatoms. The summed E-state index contributed by atoms with van der Waals surface area (Å²) in [4.78, 5) is 15.2. The quantitative estimate of drug-likeness (QED) is 0.574. The number of nitrogens with zero attached hydrogens (tertiary/aromatic N) is 2. The topological polar surface area (TPSA) is 23.6 Å². The van der Waals surface area contributed by atoms with Crippen molar-refractivity contribution < 1.29 is 4.79 Å². The van der Waals surface area contributed by atoms with Crippen LogP contribution in [0, 0.1) is 0 Å². The van der Waals surface area contributed by atoms with Crippen molar-refractivity contribution in [3.8, 4) is 0 Å². The smallest absolute Gasteiger partial charge is 0.219 e. The second kappa shape index (κ2) is 6.89. The number of carbonyl (C=O) groups excluding carboxylic acids is 1. The zero-order valence-corrected chi connectivity index (χ0v) is 7.34. The fourth-order valence-corrected chi connectivity index (χ4v) is 1.36. The molecule has 1 saturated heterocycles. The van der Waals surface area contributed by atoms with Crippen molar-refractivity contribution >= 4 is 5.91 Å². The van der Waals surface area contributed by atoms with E-state index in [-0.39, 0.29) is 20.8 Å². The van der Waals surface area contributed by atoms with Gasteiger partial charge in [0, 0.05) is 26.6 Å². The van der Waals surface area contributed by atoms with E-state index in [1.807, 2.05) is 4.90 Å². The summed E-state index contributed by atoms with van der Waals surface area (Å²) in [6.45, 7) is 5.60. The number of likely N-dealkylation sites (N-methyl/N-ethyl adjacent to an activating group) is 1. The maximum atomic E-state index is 11.0. The molecule has 0 aromatic rings. The molecule has 0 atom stereocenters. The van der Waals surface area contributed by atoms with Crippen molar-refractivity contribution in [3.05, 3.63) is 0 Å². The van der Waals surface area contributed by atoms with Gasteiger partial charge in [-0.3, -0.25) is 4.79 Å². The molecular weight excluding hydrogens is 164 g/mol. The Labute approximate surface area is 82.7 Å². The average molecular weight is 188 g/mol. The molecule has 0 aromatic heterocycles. The van der Waals surface area contributed by atoms with Gasteiger partial charge in [0.15, 0.2) is 0 Å². The van der Waals surface area contributed by atoms with E-state index in [0.29, 0.717) is 0 Å². The summed E-state index contributed by atoms with van der Waals surface area (Å²) in [6, 6.07) is 0. The van der Waals surface area contributed by atoms with Crippen LogP contribution in [0.25, 0.3) is 0 Å². The van der Waals surface area contributed by atoms with Crippen LogP contribution in [0.15, 0.2) is 0 Å². The van der Waals surface area contributed by atoms with Crippen LogP contribution in [0.3, 0.4) is 0 Å². The van der Waals surface area contributed by atoms with Gasteiger partial charge in [-0.25, -0.2) is 0 Å². The SMILES string of the molecule is C.C.CC(=O)N1CCCN(C)CC1. The van der Waals surface area contributed by atoms with Crippen LogP contribution in [0.1, 0.15) is 28.2 Å². The molecule has 0 bridgehead atoms. The maximum Gasteiger partial charge on any atom is 0.219 e. The minimum Gasteiger partial charge on any atom is -0.342 e. The van der Waals surface area contributed by atoms with Gasteiger partial charge in [-0.2, -0.15) is 0 Å². The van der Waals surface area contributed by atoms with Crippen LogP contribution < -0.4 is 0 Å². The lowest BCUT2D eigenvalue weighted by Gasteiger charge is -2.17. The minimum atomic E-state index is 0. The molecule has 1 heterocycles. The van der Waals surface area contributed by atoms with Gasteiger partial charge in [-0.1, -0.05) is 14.9 Å². The summed E-state index contributed by atoms with van der Waals surface area (Å²) in [5, 5.41) is 0. The first-order valence-electron chi connectivity index (χ1n) is 4.14. The summed E-state index contributed by atoms with van der Waals surface area (Å²) in [6.07, 6.45) is 1.11. The van der Waals surface area contributed by atoms with Gasteiger partial charge >= 0.3 is 0 Å². The fourth-order valence-electron chi connectivity index (χ4n) is 1.36. The summed E-state index contributed by atoms with van der Waals surface area (Å²) in [7, 11) is 2.10. The first-order chi connectivity index (χ1) is 5.20. The maximum absolute atomic E-state index is 11.0. The molecule has 3 nitrogen and oxygen atoms in total. The van der Waals surface area contributed by atoms with Crippen molar-refractivity contribution in [2.75, 3.05) is 33.2 Å².